The van der Waals surface area contributed by atoms with Gasteiger partial charge in [-0.05, 0) is 24.5 Å². The second kappa shape index (κ2) is 8.15. The van der Waals surface area contributed by atoms with Crippen LogP contribution in [0, 0.1) is 5.92 Å². The van der Waals surface area contributed by atoms with Crippen molar-refractivity contribution in [2.24, 2.45) is 5.92 Å². The standard InChI is InChI=1S/C18H24N2O4/c21-17(19-8-10-23-11-9-19)12-15-6-7-20(13-15)18(22)14-24-16-4-2-1-3-5-16/h1-5,15H,6-14H2. The van der Waals surface area contributed by atoms with Crippen molar-refractivity contribution >= 4 is 11.8 Å². The summed E-state index contributed by atoms with van der Waals surface area (Å²) >= 11 is 0. The topological polar surface area (TPSA) is 59.1 Å². The highest BCUT2D eigenvalue weighted by molar-refractivity contribution is 5.79. The molecule has 2 fully saturated rings. The molecule has 0 N–H and O–H groups in total. The molecule has 1 aromatic rings. The first kappa shape index (κ1) is 16.8. The number of likely N-dealkylation sites (tertiary alicyclic amines) is 1. The number of rotatable bonds is 5. The molecule has 2 saturated heterocycles. The van der Waals surface area contributed by atoms with Crippen molar-refractivity contribution in [3.63, 3.8) is 0 Å². The van der Waals surface area contributed by atoms with Gasteiger partial charge in [-0.3, -0.25) is 9.59 Å². The van der Waals surface area contributed by atoms with E-state index in [-0.39, 0.29) is 24.3 Å². The molecule has 0 aliphatic carbocycles. The quantitative estimate of drug-likeness (QED) is 0.812. The van der Waals surface area contributed by atoms with E-state index in [4.69, 9.17) is 9.47 Å². The largest absolute Gasteiger partial charge is 0.484 e. The van der Waals surface area contributed by atoms with Crippen LogP contribution in [0.2, 0.25) is 0 Å². The van der Waals surface area contributed by atoms with Gasteiger partial charge in [0.1, 0.15) is 5.75 Å². The van der Waals surface area contributed by atoms with E-state index in [9.17, 15) is 9.59 Å². The van der Waals surface area contributed by atoms with Gasteiger partial charge in [0, 0.05) is 32.6 Å². The molecular weight excluding hydrogens is 308 g/mol. The van der Waals surface area contributed by atoms with Crippen molar-refractivity contribution in [2.45, 2.75) is 12.8 Å². The smallest absolute Gasteiger partial charge is 0.260 e. The zero-order chi connectivity index (χ0) is 16.8. The molecule has 0 aromatic heterocycles. The predicted molar refractivity (Wildman–Crippen MR) is 88.6 cm³/mol. The number of ether oxygens (including phenoxy) is 2. The van der Waals surface area contributed by atoms with Crippen LogP contribution < -0.4 is 4.74 Å². The Kier molecular flexibility index (Phi) is 5.69. The minimum Gasteiger partial charge on any atom is -0.484 e. The van der Waals surface area contributed by atoms with Crippen LogP contribution in [-0.4, -0.2) is 67.6 Å². The highest BCUT2D eigenvalue weighted by atomic mass is 16.5. The van der Waals surface area contributed by atoms with Crippen LogP contribution in [0.3, 0.4) is 0 Å². The summed E-state index contributed by atoms with van der Waals surface area (Å²) in [5, 5.41) is 0. The Morgan fingerprint density at radius 2 is 1.79 bits per heavy atom. The summed E-state index contributed by atoms with van der Waals surface area (Å²) in [6.07, 6.45) is 1.40. The molecule has 24 heavy (non-hydrogen) atoms. The Morgan fingerprint density at radius 3 is 2.54 bits per heavy atom. The number of amides is 2. The molecule has 130 valence electrons. The van der Waals surface area contributed by atoms with Gasteiger partial charge < -0.3 is 19.3 Å². The predicted octanol–water partition coefficient (Wildman–Crippen LogP) is 1.16. The van der Waals surface area contributed by atoms with Crippen molar-refractivity contribution in [3.05, 3.63) is 30.3 Å². The SMILES string of the molecule is O=C(CC1CCN(C(=O)COc2ccccc2)C1)N1CCOCC1. The lowest BCUT2D eigenvalue weighted by Gasteiger charge is -2.27. The van der Waals surface area contributed by atoms with Crippen molar-refractivity contribution in [2.75, 3.05) is 46.0 Å². The molecule has 0 spiro atoms. The second-order valence-corrected chi connectivity index (χ2v) is 6.29. The van der Waals surface area contributed by atoms with Gasteiger partial charge in [-0.25, -0.2) is 0 Å². The number of carbonyl (C=O) groups is 2. The number of benzene rings is 1. The van der Waals surface area contributed by atoms with Crippen LogP contribution in [0.5, 0.6) is 5.75 Å². The van der Waals surface area contributed by atoms with Crippen LogP contribution in [0.1, 0.15) is 12.8 Å². The van der Waals surface area contributed by atoms with E-state index in [0.29, 0.717) is 51.6 Å². The highest BCUT2D eigenvalue weighted by Crippen LogP contribution is 2.21. The third-order valence-corrected chi connectivity index (χ3v) is 4.57. The molecule has 3 rings (SSSR count). The van der Waals surface area contributed by atoms with Crippen molar-refractivity contribution in [1.82, 2.24) is 9.80 Å². The Morgan fingerprint density at radius 1 is 1.04 bits per heavy atom. The first-order valence-corrected chi connectivity index (χ1v) is 8.53. The van der Waals surface area contributed by atoms with Crippen LogP contribution in [-0.2, 0) is 14.3 Å². The van der Waals surface area contributed by atoms with E-state index in [1.54, 1.807) is 4.90 Å². The van der Waals surface area contributed by atoms with Gasteiger partial charge in [0.25, 0.3) is 5.91 Å². The number of carbonyl (C=O) groups excluding carboxylic acids is 2. The van der Waals surface area contributed by atoms with E-state index < -0.39 is 0 Å². The maximum absolute atomic E-state index is 12.3. The molecule has 0 bridgehead atoms. The average Bonchev–Trinajstić information content (AvgIpc) is 3.10. The molecule has 1 atom stereocenters. The lowest BCUT2D eigenvalue weighted by Crippen LogP contribution is -2.41. The summed E-state index contributed by atoms with van der Waals surface area (Å²) in [6.45, 7) is 4.01. The molecule has 1 unspecified atom stereocenters. The fourth-order valence-corrected chi connectivity index (χ4v) is 3.17. The average molecular weight is 332 g/mol. The van der Waals surface area contributed by atoms with Gasteiger partial charge in [0.2, 0.25) is 5.91 Å². The number of hydrogen-bond acceptors (Lipinski definition) is 4. The Hall–Kier alpha value is -2.08. The Bertz CT molecular complexity index is 557. The molecule has 0 radical (unpaired) electrons. The van der Waals surface area contributed by atoms with Gasteiger partial charge in [-0.2, -0.15) is 0 Å². The summed E-state index contributed by atoms with van der Waals surface area (Å²) < 4.78 is 10.8. The fourth-order valence-electron chi connectivity index (χ4n) is 3.17. The molecule has 2 heterocycles. The molecule has 6 nitrogen and oxygen atoms in total. The van der Waals surface area contributed by atoms with Gasteiger partial charge in [-0.15, -0.1) is 0 Å². The summed E-state index contributed by atoms with van der Waals surface area (Å²) in [4.78, 5) is 28.2. The van der Waals surface area contributed by atoms with E-state index in [2.05, 4.69) is 0 Å². The minimum absolute atomic E-state index is 0.0137. The normalized spacial score (nSPS) is 20.9. The van der Waals surface area contributed by atoms with E-state index in [0.717, 1.165) is 6.42 Å². The van der Waals surface area contributed by atoms with Crippen LogP contribution in [0.25, 0.3) is 0 Å². The maximum atomic E-state index is 12.3. The molecule has 6 heteroatoms. The van der Waals surface area contributed by atoms with Crippen molar-refractivity contribution < 1.29 is 19.1 Å². The fraction of sp³-hybridized carbons (Fsp3) is 0.556. The lowest BCUT2D eigenvalue weighted by atomic mass is 10.0. The first-order valence-electron chi connectivity index (χ1n) is 8.53. The minimum atomic E-state index is -0.0137. The highest BCUT2D eigenvalue weighted by Gasteiger charge is 2.29. The number of nitrogens with zero attached hydrogens (tertiary/aromatic N) is 2. The zero-order valence-corrected chi connectivity index (χ0v) is 13.9. The van der Waals surface area contributed by atoms with Crippen LogP contribution in [0.4, 0.5) is 0 Å². The lowest BCUT2D eigenvalue weighted by molar-refractivity contribution is -0.137. The zero-order valence-electron chi connectivity index (χ0n) is 13.9. The number of para-hydroxylation sites is 1. The first-order chi connectivity index (χ1) is 11.7. The molecular formula is C18H24N2O4. The summed E-state index contributed by atoms with van der Waals surface area (Å²) in [6, 6.07) is 9.33. The van der Waals surface area contributed by atoms with Crippen molar-refractivity contribution in [3.8, 4) is 5.75 Å². The van der Waals surface area contributed by atoms with Crippen LogP contribution in [0.15, 0.2) is 30.3 Å². The van der Waals surface area contributed by atoms with Gasteiger partial charge >= 0.3 is 0 Å². The van der Waals surface area contributed by atoms with Gasteiger partial charge in [0.15, 0.2) is 6.61 Å². The van der Waals surface area contributed by atoms with Crippen LogP contribution >= 0.6 is 0 Å². The third kappa shape index (κ3) is 4.47. The number of hydrogen-bond donors (Lipinski definition) is 0. The van der Waals surface area contributed by atoms with Crippen molar-refractivity contribution in [1.29, 1.82) is 0 Å². The summed E-state index contributed by atoms with van der Waals surface area (Å²) in [5.41, 5.74) is 0. The Labute approximate surface area is 142 Å². The van der Waals surface area contributed by atoms with E-state index >= 15 is 0 Å². The van der Waals surface area contributed by atoms with Gasteiger partial charge in [0.05, 0.1) is 13.2 Å². The maximum Gasteiger partial charge on any atom is 0.260 e. The van der Waals surface area contributed by atoms with Gasteiger partial charge in [-0.1, -0.05) is 18.2 Å². The van der Waals surface area contributed by atoms with E-state index in [1.165, 1.54) is 0 Å². The monoisotopic (exact) mass is 332 g/mol. The Balaban J connectivity index is 1.41. The molecule has 1 aromatic carbocycles. The molecule has 2 amide bonds. The third-order valence-electron chi connectivity index (χ3n) is 4.57. The summed E-state index contributed by atoms with van der Waals surface area (Å²) in [7, 11) is 0. The summed E-state index contributed by atoms with van der Waals surface area (Å²) in [5.74, 6) is 1.11. The van der Waals surface area contributed by atoms with E-state index in [1.807, 2.05) is 35.2 Å². The second-order valence-electron chi connectivity index (χ2n) is 6.29. The number of morpholine rings is 1. The molecule has 2 aliphatic heterocycles. The molecule has 2 aliphatic rings. The molecule has 0 saturated carbocycles.